The van der Waals surface area contributed by atoms with E-state index >= 15 is 0 Å². The molecule has 5 heteroatoms. The summed E-state index contributed by atoms with van der Waals surface area (Å²) < 4.78 is 27.5. The van der Waals surface area contributed by atoms with E-state index in [-0.39, 0.29) is 18.6 Å². The van der Waals surface area contributed by atoms with Gasteiger partial charge in [-0.1, -0.05) is 25.7 Å². The maximum atomic E-state index is 13.7. The molecule has 1 rings (SSSR count). The molecular formula is C17H22F2O3. The Morgan fingerprint density at radius 2 is 2.00 bits per heavy atom. The molecule has 0 aromatic heterocycles. The summed E-state index contributed by atoms with van der Waals surface area (Å²) in [7, 11) is 0. The minimum atomic E-state index is -3.33. The third-order valence-electron chi connectivity index (χ3n) is 4.06. The fraction of sp³-hybridized carbons (Fsp3) is 0.588. The number of allylic oxidation sites excluding steroid dienone is 2. The van der Waals surface area contributed by atoms with Gasteiger partial charge in [-0.2, -0.15) is 0 Å². The molecule has 0 aliphatic heterocycles. The van der Waals surface area contributed by atoms with Crippen molar-refractivity contribution in [2.75, 3.05) is 6.61 Å². The van der Waals surface area contributed by atoms with Gasteiger partial charge in [-0.3, -0.25) is 4.79 Å². The van der Waals surface area contributed by atoms with Gasteiger partial charge < -0.3 is 10.2 Å². The molecule has 2 N–H and O–H groups in total. The lowest BCUT2D eigenvalue weighted by Gasteiger charge is -2.44. The van der Waals surface area contributed by atoms with Crippen molar-refractivity contribution >= 4 is 5.78 Å². The average molecular weight is 312 g/mol. The summed E-state index contributed by atoms with van der Waals surface area (Å²) in [4.78, 5) is 12.1. The van der Waals surface area contributed by atoms with Gasteiger partial charge in [0, 0.05) is 18.8 Å². The number of carbonyl (C=O) groups is 1. The van der Waals surface area contributed by atoms with E-state index in [1.807, 2.05) is 0 Å². The van der Waals surface area contributed by atoms with Crippen molar-refractivity contribution in [1.82, 2.24) is 0 Å². The highest BCUT2D eigenvalue weighted by atomic mass is 19.3. The Labute approximate surface area is 129 Å². The van der Waals surface area contributed by atoms with Gasteiger partial charge in [-0.15, -0.1) is 0 Å². The van der Waals surface area contributed by atoms with Crippen molar-refractivity contribution < 1.29 is 23.8 Å². The van der Waals surface area contributed by atoms with Gasteiger partial charge in [-0.05, 0) is 31.1 Å². The smallest absolute Gasteiger partial charge is 0.274 e. The van der Waals surface area contributed by atoms with Crippen LogP contribution in [0.3, 0.4) is 0 Å². The lowest BCUT2D eigenvalue weighted by atomic mass is 9.62. The molecule has 1 unspecified atom stereocenters. The van der Waals surface area contributed by atoms with Gasteiger partial charge in [0.2, 0.25) is 0 Å². The summed E-state index contributed by atoms with van der Waals surface area (Å²) in [5.41, 5.74) is -3.07. The van der Waals surface area contributed by atoms with E-state index in [0.29, 0.717) is 12.5 Å². The van der Waals surface area contributed by atoms with E-state index in [2.05, 4.69) is 11.8 Å². The zero-order valence-corrected chi connectivity index (χ0v) is 13.6. The van der Waals surface area contributed by atoms with Crippen LogP contribution < -0.4 is 0 Å². The minimum Gasteiger partial charge on any atom is -0.392 e. The number of Topliss-reactive ketones (excluding diaryl/α,β-unsaturated/α-hetero) is 1. The van der Waals surface area contributed by atoms with Crippen LogP contribution in [0.4, 0.5) is 8.78 Å². The normalized spacial score (nSPS) is 25.9. The minimum absolute atomic E-state index is 0.106. The molecule has 0 bridgehead atoms. The van der Waals surface area contributed by atoms with Crippen LogP contribution in [-0.2, 0) is 4.79 Å². The van der Waals surface area contributed by atoms with Crippen molar-refractivity contribution in [2.45, 2.75) is 52.6 Å². The molecule has 0 aromatic carbocycles. The van der Waals surface area contributed by atoms with Gasteiger partial charge >= 0.3 is 0 Å². The molecule has 0 aromatic rings. The van der Waals surface area contributed by atoms with E-state index < -0.39 is 28.3 Å². The topological polar surface area (TPSA) is 57.5 Å². The number of hydrogen-bond donors (Lipinski definition) is 2. The van der Waals surface area contributed by atoms with Crippen molar-refractivity contribution in [3.8, 4) is 11.8 Å². The largest absolute Gasteiger partial charge is 0.392 e. The molecule has 0 saturated carbocycles. The predicted molar refractivity (Wildman–Crippen MR) is 80.3 cm³/mol. The lowest BCUT2D eigenvalue weighted by molar-refractivity contribution is -0.126. The number of aliphatic hydroxyl groups is 2. The monoisotopic (exact) mass is 312 g/mol. The maximum absolute atomic E-state index is 13.7. The number of hydrogen-bond acceptors (Lipinski definition) is 3. The van der Waals surface area contributed by atoms with Gasteiger partial charge in [0.15, 0.2) is 11.4 Å². The average Bonchev–Trinajstić information content (AvgIpc) is 2.32. The van der Waals surface area contributed by atoms with Crippen LogP contribution in [0, 0.1) is 17.3 Å². The second kappa shape index (κ2) is 5.94. The molecule has 1 aliphatic rings. The zero-order chi connectivity index (χ0) is 17.3. The van der Waals surface area contributed by atoms with E-state index in [4.69, 9.17) is 5.11 Å². The molecule has 0 heterocycles. The Hall–Kier alpha value is -1.51. The van der Waals surface area contributed by atoms with Crippen LogP contribution in [0.1, 0.15) is 41.0 Å². The summed E-state index contributed by atoms with van der Waals surface area (Å²) in [6.45, 7) is 6.66. The second-order valence-corrected chi connectivity index (χ2v) is 6.40. The number of halogens is 2. The first kappa shape index (κ1) is 18.5. The standard InChI is InChI=1S/C17H22F2O3/c1-11(7-9-20)6-8-17(22)12(2)14(16(5,18)19)13(21)10-15(17,3)4/h7,20,22H,9-10H2,1-5H3. The highest BCUT2D eigenvalue weighted by Crippen LogP contribution is 2.48. The molecule has 1 atom stereocenters. The first-order valence-electron chi connectivity index (χ1n) is 7.03. The molecule has 0 spiro atoms. The maximum Gasteiger partial charge on any atom is 0.274 e. The van der Waals surface area contributed by atoms with E-state index in [1.54, 1.807) is 20.8 Å². The van der Waals surface area contributed by atoms with Crippen molar-refractivity contribution in [2.24, 2.45) is 5.41 Å². The fourth-order valence-electron chi connectivity index (χ4n) is 2.73. The molecule has 122 valence electrons. The van der Waals surface area contributed by atoms with Crippen LogP contribution in [0.5, 0.6) is 0 Å². The zero-order valence-electron chi connectivity index (χ0n) is 13.6. The van der Waals surface area contributed by atoms with E-state index in [0.717, 1.165) is 0 Å². The first-order chi connectivity index (χ1) is 9.87. The number of rotatable bonds is 2. The molecule has 22 heavy (non-hydrogen) atoms. The summed E-state index contributed by atoms with van der Waals surface area (Å²) in [5.74, 6) is 1.31. The number of ketones is 1. The third-order valence-corrected chi connectivity index (χ3v) is 4.06. The fourth-order valence-corrected chi connectivity index (χ4v) is 2.73. The van der Waals surface area contributed by atoms with Crippen LogP contribution >= 0.6 is 0 Å². The SMILES string of the molecule is CC(C#CC1(O)C(C)=C(C(C)(F)F)C(=O)CC1(C)C)=CCO. The highest BCUT2D eigenvalue weighted by Gasteiger charge is 2.54. The molecule has 3 nitrogen and oxygen atoms in total. The van der Waals surface area contributed by atoms with Gasteiger partial charge in [0.05, 0.1) is 12.2 Å². The van der Waals surface area contributed by atoms with Crippen molar-refractivity contribution in [3.63, 3.8) is 0 Å². The Morgan fingerprint density at radius 3 is 2.45 bits per heavy atom. The molecule has 0 saturated heterocycles. The van der Waals surface area contributed by atoms with Crippen molar-refractivity contribution in [3.05, 3.63) is 22.8 Å². The second-order valence-electron chi connectivity index (χ2n) is 6.40. The molecule has 1 aliphatic carbocycles. The first-order valence-corrected chi connectivity index (χ1v) is 7.03. The Morgan fingerprint density at radius 1 is 1.45 bits per heavy atom. The Balaban J connectivity index is 3.56. The Kier molecular flexibility index (Phi) is 5.01. The van der Waals surface area contributed by atoms with Crippen LogP contribution in [-0.4, -0.2) is 34.1 Å². The van der Waals surface area contributed by atoms with Crippen LogP contribution in [0.25, 0.3) is 0 Å². The lowest BCUT2D eigenvalue weighted by Crippen LogP contribution is -2.51. The summed E-state index contributed by atoms with van der Waals surface area (Å²) >= 11 is 0. The molecule has 0 fully saturated rings. The summed E-state index contributed by atoms with van der Waals surface area (Å²) in [6.07, 6.45) is 1.24. The molecule has 0 radical (unpaired) electrons. The quantitative estimate of drug-likeness (QED) is 0.771. The predicted octanol–water partition coefficient (Wildman–Crippen LogP) is 2.63. The van der Waals surface area contributed by atoms with Gasteiger partial charge in [0.25, 0.3) is 5.92 Å². The van der Waals surface area contributed by atoms with Gasteiger partial charge in [-0.25, -0.2) is 8.78 Å². The summed E-state index contributed by atoms with van der Waals surface area (Å²) in [6, 6.07) is 0. The Bertz CT molecular complexity index is 598. The molecule has 0 amide bonds. The third kappa shape index (κ3) is 3.29. The number of alkyl halides is 2. The molecular weight excluding hydrogens is 290 g/mol. The summed E-state index contributed by atoms with van der Waals surface area (Å²) in [5, 5.41) is 19.7. The number of carbonyl (C=O) groups excluding carboxylic acids is 1. The van der Waals surface area contributed by atoms with E-state index in [1.165, 1.54) is 13.0 Å². The number of aliphatic hydroxyl groups excluding tert-OH is 1. The van der Waals surface area contributed by atoms with E-state index in [9.17, 15) is 18.7 Å². The van der Waals surface area contributed by atoms with Crippen LogP contribution in [0.15, 0.2) is 22.8 Å². The van der Waals surface area contributed by atoms with Gasteiger partial charge in [0.1, 0.15) is 0 Å². The van der Waals surface area contributed by atoms with Crippen LogP contribution in [0.2, 0.25) is 0 Å². The highest BCUT2D eigenvalue weighted by molar-refractivity contribution is 6.00. The van der Waals surface area contributed by atoms with Crippen molar-refractivity contribution in [1.29, 1.82) is 0 Å².